The number of Topliss-reactive ketones (excluding diaryl/α,β-unsaturated/α-hetero) is 1. The van der Waals surface area contributed by atoms with Crippen LogP contribution in [0.3, 0.4) is 0 Å². The van der Waals surface area contributed by atoms with Gasteiger partial charge in [-0.25, -0.2) is 4.79 Å². The molecular weight excluding hydrogens is 428 g/mol. The van der Waals surface area contributed by atoms with E-state index >= 15 is 0 Å². The van der Waals surface area contributed by atoms with Crippen LogP contribution < -0.4 is 16.6 Å². The molecular formula is C23H22N4O4S. The third kappa shape index (κ3) is 4.88. The van der Waals surface area contributed by atoms with Crippen LogP contribution in [-0.4, -0.2) is 38.5 Å². The molecule has 1 amide bonds. The van der Waals surface area contributed by atoms with E-state index in [4.69, 9.17) is 0 Å². The lowest BCUT2D eigenvalue weighted by Gasteiger charge is -2.19. The molecule has 0 aliphatic carbocycles. The number of pyridine rings is 1. The molecule has 0 atom stereocenters. The molecule has 0 bridgehead atoms. The summed E-state index contributed by atoms with van der Waals surface area (Å²) >= 11 is 1.64. The Morgan fingerprint density at radius 3 is 2.75 bits per heavy atom. The zero-order valence-electron chi connectivity index (χ0n) is 17.3. The number of nitrogens with zero attached hydrogens (tertiary/aromatic N) is 2. The highest BCUT2D eigenvalue weighted by molar-refractivity contribution is 7.98. The van der Waals surface area contributed by atoms with Crippen molar-refractivity contribution in [2.45, 2.75) is 25.1 Å². The molecule has 0 saturated carbocycles. The number of hydrogen-bond donors (Lipinski definition) is 2. The second kappa shape index (κ2) is 9.78. The van der Waals surface area contributed by atoms with Crippen LogP contribution in [0.5, 0.6) is 0 Å². The van der Waals surface area contributed by atoms with Crippen LogP contribution >= 0.6 is 11.8 Å². The number of aromatic nitrogens is 3. The van der Waals surface area contributed by atoms with Gasteiger partial charge in [0.15, 0.2) is 5.78 Å². The summed E-state index contributed by atoms with van der Waals surface area (Å²) in [6.07, 6.45) is 4.03. The lowest BCUT2D eigenvalue weighted by molar-refractivity contribution is -0.121. The predicted octanol–water partition coefficient (Wildman–Crippen LogP) is 1.78. The summed E-state index contributed by atoms with van der Waals surface area (Å²) in [5.41, 5.74) is 2.80. The third-order valence-corrected chi connectivity index (χ3v) is 6.34. The molecule has 4 rings (SSSR count). The van der Waals surface area contributed by atoms with Gasteiger partial charge in [0.25, 0.3) is 5.56 Å². The standard InChI is InChI=1S/C23H22N4O4S/c28-20(17-3-1-2-16(12-17)15-4-8-24-9-5-15)13-25-21(29)6-10-27-19-7-11-32-14-18(19)22(30)26-23(27)31/h1-5,8-9,12H,6-7,10-11,13-14H2,(H,25,29)(H,26,30,31). The maximum Gasteiger partial charge on any atom is 0.328 e. The topological polar surface area (TPSA) is 114 Å². The van der Waals surface area contributed by atoms with E-state index in [1.165, 1.54) is 4.57 Å². The van der Waals surface area contributed by atoms with Gasteiger partial charge in [0.1, 0.15) is 0 Å². The average Bonchev–Trinajstić information content (AvgIpc) is 2.83. The van der Waals surface area contributed by atoms with Gasteiger partial charge < -0.3 is 5.32 Å². The Morgan fingerprint density at radius 1 is 1.12 bits per heavy atom. The van der Waals surface area contributed by atoms with Crippen LogP contribution in [0, 0.1) is 0 Å². The lowest BCUT2D eigenvalue weighted by atomic mass is 10.0. The first kappa shape index (κ1) is 21.8. The van der Waals surface area contributed by atoms with E-state index in [2.05, 4.69) is 15.3 Å². The summed E-state index contributed by atoms with van der Waals surface area (Å²) in [7, 11) is 0. The first-order valence-electron chi connectivity index (χ1n) is 10.3. The third-order valence-electron chi connectivity index (χ3n) is 5.35. The molecule has 3 heterocycles. The fraction of sp³-hybridized carbons (Fsp3) is 0.261. The highest BCUT2D eigenvalue weighted by atomic mass is 32.2. The monoisotopic (exact) mass is 450 g/mol. The largest absolute Gasteiger partial charge is 0.349 e. The minimum atomic E-state index is -0.502. The van der Waals surface area contributed by atoms with Crippen molar-refractivity contribution in [3.63, 3.8) is 0 Å². The van der Waals surface area contributed by atoms with Crippen molar-refractivity contribution >= 4 is 23.5 Å². The first-order chi connectivity index (χ1) is 15.5. The van der Waals surface area contributed by atoms with Crippen LogP contribution in [0.2, 0.25) is 0 Å². The summed E-state index contributed by atoms with van der Waals surface area (Å²) in [5.74, 6) is 0.852. The van der Waals surface area contributed by atoms with Gasteiger partial charge in [-0.3, -0.25) is 28.9 Å². The van der Waals surface area contributed by atoms with Gasteiger partial charge >= 0.3 is 5.69 Å². The highest BCUT2D eigenvalue weighted by Crippen LogP contribution is 2.21. The summed E-state index contributed by atoms with van der Waals surface area (Å²) in [4.78, 5) is 55.5. The van der Waals surface area contributed by atoms with Gasteiger partial charge in [0.05, 0.1) is 6.54 Å². The van der Waals surface area contributed by atoms with Crippen molar-refractivity contribution in [1.82, 2.24) is 19.9 Å². The number of rotatable bonds is 7. The van der Waals surface area contributed by atoms with Crippen LogP contribution in [-0.2, 0) is 23.5 Å². The zero-order valence-corrected chi connectivity index (χ0v) is 18.1. The molecule has 3 aromatic rings. The van der Waals surface area contributed by atoms with Gasteiger partial charge in [0, 0.05) is 47.9 Å². The Bertz CT molecular complexity index is 1270. The van der Waals surface area contributed by atoms with Gasteiger partial charge in [-0.1, -0.05) is 18.2 Å². The Hall–Kier alpha value is -3.46. The highest BCUT2D eigenvalue weighted by Gasteiger charge is 2.19. The number of hydrogen-bond acceptors (Lipinski definition) is 6. The van der Waals surface area contributed by atoms with E-state index < -0.39 is 5.69 Å². The Morgan fingerprint density at radius 2 is 1.94 bits per heavy atom. The molecule has 0 fully saturated rings. The molecule has 8 nitrogen and oxygen atoms in total. The van der Waals surface area contributed by atoms with E-state index in [1.807, 2.05) is 18.2 Å². The zero-order chi connectivity index (χ0) is 22.5. The molecule has 1 aliphatic heterocycles. The van der Waals surface area contributed by atoms with Crippen LogP contribution in [0.25, 0.3) is 11.1 Å². The second-order valence-electron chi connectivity index (χ2n) is 7.41. The van der Waals surface area contributed by atoms with Crippen molar-refractivity contribution in [3.8, 4) is 11.1 Å². The molecule has 0 saturated heterocycles. The van der Waals surface area contributed by atoms with E-state index in [9.17, 15) is 19.2 Å². The van der Waals surface area contributed by atoms with Crippen LogP contribution in [0.15, 0.2) is 58.4 Å². The molecule has 0 spiro atoms. The van der Waals surface area contributed by atoms with E-state index in [0.29, 0.717) is 29.0 Å². The molecule has 2 N–H and O–H groups in total. The van der Waals surface area contributed by atoms with Crippen molar-refractivity contribution in [1.29, 1.82) is 0 Å². The molecule has 32 heavy (non-hydrogen) atoms. The quantitative estimate of drug-likeness (QED) is 0.531. The number of nitrogens with one attached hydrogen (secondary N) is 2. The number of benzene rings is 1. The average molecular weight is 451 g/mol. The molecule has 1 aliphatic rings. The molecule has 1 aromatic carbocycles. The fourth-order valence-corrected chi connectivity index (χ4v) is 4.65. The maximum atomic E-state index is 12.6. The molecule has 164 valence electrons. The molecule has 0 radical (unpaired) electrons. The number of fused-ring (bicyclic) bond motifs is 1. The van der Waals surface area contributed by atoms with Gasteiger partial charge in [-0.15, -0.1) is 0 Å². The summed E-state index contributed by atoms with van der Waals surface area (Å²) in [6.45, 7) is 0.0219. The van der Waals surface area contributed by atoms with E-state index in [0.717, 1.165) is 16.9 Å². The van der Waals surface area contributed by atoms with Crippen molar-refractivity contribution in [3.05, 3.63) is 86.5 Å². The number of amides is 1. The van der Waals surface area contributed by atoms with E-state index in [-0.39, 0.29) is 36.8 Å². The number of carbonyl (C=O) groups excluding carboxylic acids is 2. The van der Waals surface area contributed by atoms with E-state index in [1.54, 1.807) is 42.4 Å². The summed E-state index contributed by atoms with van der Waals surface area (Å²) in [6, 6.07) is 10.9. The molecule has 2 aromatic heterocycles. The van der Waals surface area contributed by atoms with Crippen molar-refractivity contribution < 1.29 is 9.59 Å². The Balaban J connectivity index is 1.37. The first-order valence-corrected chi connectivity index (χ1v) is 11.4. The number of carbonyl (C=O) groups is 2. The smallest absolute Gasteiger partial charge is 0.328 e. The fourth-order valence-electron chi connectivity index (χ4n) is 3.67. The second-order valence-corrected chi connectivity index (χ2v) is 8.51. The Labute approximate surface area is 188 Å². The predicted molar refractivity (Wildman–Crippen MR) is 123 cm³/mol. The number of aromatic amines is 1. The van der Waals surface area contributed by atoms with Crippen LogP contribution in [0.1, 0.15) is 28.0 Å². The molecule has 9 heteroatoms. The normalized spacial score (nSPS) is 12.8. The van der Waals surface area contributed by atoms with Gasteiger partial charge in [-0.2, -0.15) is 11.8 Å². The molecule has 0 unspecified atom stereocenters. The summed E-state index contributed by atoms with van der Waals surface area (Å²) < 4.78 is 1.47. The number of H-pyrrole nitrogens is 1. The van der Waals surface area contributed by atoms with Gasteiger partial charge in [0.2, 0.25) is 5.91 Å². The maximum absolute atomic E-state index is 12.6. The summed E-state index contributed by atoms with van der Waals surface area (Å²) in [5, 5.41) is 2.63. The van der Waals surface area contributed by atoms with Crippen LogP contribution in [0.4, 0.5) is 0 Å². The minimum absolute atomic E-state index is 0.0376. The SMILES string of the molecule is O=C(CCn1c2c(c(=O)[nH]c1=O)CSCC2)NCC(=O)c1cccc(-c2ccncc2)c1. The van der Waals surface area contributed by atoms with Gasteiger partial charge in [-0.05, 0) is 41.5 Å². The Kier molecular flexibility index (Phi) is 6.65. The van der Waals surface area contributed by atoms with Crippen molar-refractivity contribution in [2.75, 3.05) is 12.3 Å². The van der Waals surface area contributed by atoms with Crippen molar-refractivity contribution in [2.24, 2.45) is 0 Å². The number of thioether (sulfide) groups is 1. The number of ketones is 1. The lowest BCUT2D eigenvalue weighted by Crippen LogP contribution is -2.38. The minimum Gasteiger partial charge on any atom is -0.349 e.